The van der Waals surface area contributed by atoms with Crippen LogP contribution in [0.1, 0.15) is 13.8 Å². The number of carbonyl (C=O) groups is 2. The van der Waals surface area contributed by atoms with E-state index in [1.165, 1.54) is 13.8 Å². The van der Waals surface area contributed by atoms with Gasteiger partial charge in [0.05, 0.1) is 0 Å². The van der Waals surface area contributed by atoms with E-state index in [0.29, 0.717) is 0 Å². The monoisotopic (exact) mass is 222 g/mol. The van der Waals surface area contributed by atoms with E-state index >= 15 is 0 Å². The van der Waals surface area contributed by atoms with Gasteiger partial charge in [-0.1, -0.05) is 13.8 Å². The van der Waals surface area contributed by atoms with Crippen molar-refractivity contribution in [3.05, 3.63) is 0 Å². The first-order valence-electron chi connectivity index (χ1n) is 2.88. The number of carboxylic acids is 2. The Bertz CT molecular complexity index is 142. The van der Waals surface area contributed by atoms with Crippen molar-refractivity contribution in [2.45, 2.75) is 13.8 Å². The van der Waals surface area contributed by atoms with Crippen LogP contribution in [0.15, 0.2) is 0 Å². The minimum Gasteiger partial charge on any atom is -0.550 e. The molecule has 0 aromatic heterocycles. The van der Waals surface area contributed by atoms with E-state index in [9.17, 15) is 19.8 Å². The third-order valence-corrected chi connectivity index (χ3v) is 1.49. The van der Waals surface area contributed by atoms with Crippen molar-refractivity contribution >= 4 is 11.9 Å². The Labute approximate surface area is 156 Å². The fourth-order valence-corrected chi connectivity index (χ4v) is 0.408. The SMILES string of the molecule is CC(C(=O)[O-])C(C)C(=O)[O-].[K+].[K+]. The van der Waals surface area contributed by atoms with Crippen LogP contribution in [0.25, 0.3) is 0 Å². The molecule has 0 aromatic carbocycles. The Hall–Kier alpha value is 2.21. The van der Waals surface area contributed by atoms with Gasteiger partial charge in [0.15, 0.2) is 0 Å². The maximum absolute atomic E-state index is 10.0. The number of aliphatic carboxylic acids is 2. The summed E-state index contributed by atoms with van der Waals surface area (Å²) in [5, 5.41) is 20.1. The number of rotatable bonds is 3. The molecule has 0 aliphatic heterocycles. The summed E-state index contributed by atoms with van der Waals surface area (Å²) in [6.45, 7) is 2.55. The molecule has 0 saturated heterocycles. The number of hydrogen-bond donors (Lipinski definition) is 0. The maximum Gasteiger partial charge on any atom is 1.00 e. The normalized spacial score (nSPS) is 13.2. The molecule has 0 heterocycles. The van der Waals surface area contributed by atoms with Crippen LogP contribution < -0.4 is 113 Å². The first-order chi connectivity index (χ1) is 4.46. The maximum atomic E-state index is 10.0. The molecule has 2 atom stereocenters. The molecule has 0 aromatic rings. The van der Waals surface area contributed by atoms with E-state index in [2.05, 4.69) is 0 Å². The van der Waals surface area contributed by atoms with Crippen molar-refractivity contribution in [3.63, 3.8) is 0 Å². The molecule has 0 aliphatic carbocycles. The second kappa shape index (κ2) is 9.76. The molecule has 12 heavy (non-hydrogen) atoms. The average Bonchev–Trinajstić information content (AvgIpc) is 1.84. The van der Waals surface area contributed by atoms with Gasteiger partial charge < -0.3 is 19.8 Å². The third kappa shape index (κ3) is 7.60. The van der Waals surface area contributed by atoms with Crippen LogP contribution in [0.3, 0.4) is 0 Å². The molecule has 0 N–H and O–H groups in total. The molecule has 2 unspecified atom stereocenters. The summed E-state index contributed by atoms with van der Waals surface area (Å²) in [7, 11) is 0. The summed E-state index contributed by atoms with van der Waals surface area (Å²) in [4.78, 5) is 20.1. The van der Waals surface area contributed by atoms with Crippen LogP contribution in [0.4, 0.5) is 0 Å². The summed E-state index contributed by atoms with van der Waals surface area (Å²) in [5.41, 5.74) is 0. The van der Waals surface area contributed by atoms with Crippen LogP contribution >= 0.6 is 0 Å². The Morgan fingerprint density at radius 1 is 0.917 bits per heavy atom. The fraction of sp³-hybridized carbons (Fsp3) is 0.667. The molecule has 0 spiro atoms. The first-order valence-corrected chi connectivity index (χ1v) is 2.88. The summed E-state index contributed by atoms with van der Waals surface area (Å²) in [5.74, 6) is -4.72. The van der Waals surface area contributed by atoms with Crippen molar-refractivity contribution < 1.29 is 123 Å². The van der Waals surface area contributed by atoms with Gasteiger partial charge in [-0.15, -0.1) is 0 Å². The van der Waals surface area contributed by atoms with E-state index in [0.717, 1.165) is 0 Å². The van der Waals surface area contributed by atoms with Crippen molar-refractivity contribution in [1.82, 2.24) is 0 Å². The predicted octanol–water partition coefficient (Wildman–Crippen LogP) is -8.23. The van der Waals surface area contributed by atoms with Crippen molar-refractivity contribution in [3.8, 4) is 0 Å². The van der Waals surface area contributed by atoms with E-state index in [1.54, 1.807) is 0 Å². The Kier molecular flexibility index (Phi) is 16.0. The molecule has 0 fully saturated rings. The second-order valence-electron chi connectivity index (χ2n) is 2.22. The van der Waals surface area contributed by atoms with Crippen LogP contribution in [-0.2, 0) is 9.59 Å². The molecule has 0 saturated carbocycles. The largest absolute Gasteiger partial charge is 1.00 e. The van der Waals surface area contributed by atoms with Gasteiger partial charge in [0.1, 0.15) is 0 Å². The van der Waals surface area contributed by atoms with E-state index in [1.807, 2.05) is 0 Å². The molecule has 4 nitrogen and oxygen atoms in total. The Morgan fingerprint density at radius 2 is 1.08 bits per heavy atom. The van der Waals surface area contributed by atoms with Gasteiger partial charge in [-0.05, 0) is 0 Å². The number of carbonyl (C=O) groups excluding carboxylic acids is 2. The minimum absolute atomic E-state index is 0. The van der Waals surface area contributed by atoms with Crippen molar-refractivity contribution in [2.75, 3.05) is 0 Å². The molecule has 0 radical (unpaired) electrons. The fourth-order valence-electron chi connectivity index (χ4n) is 0.408. The van der Waals surface area contributed by atoms with Crippen LogP contribution in [0.5, 0.6) is 0 Å². The first kappa shape index (κ1) is 19.7. The topological polar surface area (TPSA) is 80.3 Å². The predicted molar refractivity (Wildman–Crippen MR) is 28.3 cm³/mol. The van der Waals surface area contributed by atoms with Gasteiger partial charge in [0.25, 0.3) is 0 Å². The summed E-state index contributed by atoms with van der Waals surface area (Å²) in [6, 6.07) is 0. The zero-order chi connectivity index (χ0) is 8.31. The second-order valence-corrected chi connectivity index (χ2v) is 2.22. The molecule has 0 amide bonds. The molecule has 0 aliphatic rings. The van der Waals surface area contributed by atoms with Crippen molar-refractivity contribution in [2.24, 2.45) is 11.8 Å². The zero-order valence-corrected chi connectivity index (χ0v) is 14.0. The van der Waals surface area contributed by atoms with Crippen LogP contribution in [0, 0.1) is 11.8 Å². The number of hydrogen-bond acceptors (Lipinski definition) is 4. The van der Waals surface area contributed by atoms with Crippen LogP contribution in [0.2, 0.25) is 0 Å². The molecule has 0 rings (SSSR count). The third-order valence-electron chi connectivity index (χ3n) is 1.49. The summed E-state index contributed by atoms with van der Waals surface area (Å²) >= 11 is 0. The molecule has 58 valence electrons. The standard InChI is InChI=1S/C6H10O4.2K/c1-3(5(7)8)4(2)6(9)10;;/h3-4H,1-2H3,(H,7,8)(H,9,10);;/q;2*+1/p-2. The van der Waals surface area contributed by atoms with Gasteiger partial charge in [-0.3, -0.25) is 0 Å². The summed E-state index contributed by atoms with van der Waals surface area (Å²) < 4.78 is 0. The smallest absolute Gasteiger partial charge is 0.550 e. The van der Waals surface area contributed by atoms with Gasteiger partial charge in [0, 0.05) is 23.8 Å². The van der Waals surface area contributed by atoms with Crippen LogP contribution in [-0.4, -0.2) is 11.9 Å². The molecular formula is C6H8K2O4. The van der Waals surface area contributed by atoms with Gasteiger partial charge in [-0.25, -0.2) is 0 Å². The van der Waals surface area contributed by atoms with Gasteiger partial charge in [-0.2, -0.15) is 0 Å². The minimum atomic E-state index is -1.36. The van der Waals surface area contributed by atoms with Crippen molar-refractivity contribution in [1.29, 1.82) is 0 Å². The van der Waals surface area contributed by atoms with Gasteiger partial charge >= 0.3 is 103 Å². The average molecular weight is 222 g/mol. The van der Waals surface area contributed by atoms with E-state index in [4.69, 9.17) is 0 Å². The zero-order valence-electron chi connectivity index (χ0n) is 7.79. The Balaban J connectivity index is -0.000000405. The summed E-state index contributed by atoms with van der Waals surface area (Å²) in [6.07, 6.45) is 0. The van der Waals surface area contributed by atoms with E-state index < -0.39 is 23.8 Å². The van der Waals surface area contributed by atoms with E-state index in [-0.39, 0.29) is 103 Å². The van der Waals surface area contributed by atoms with Gasteiger partial charge in [0.2, 0.25) is 0 Å². The Morgan fingerprint density at radius 3 is 1.17 bits per heavy atom. The molecular weight excluding hydrogens is 214 g/mol. The quantitative estimate of drug-likeness (QED) is 0.444. The molecule has 6 heteroatoms. The molecule has 0 bridgehead atoms. The number of carboxylic acid groups (broad SMARTS) is 2.